The maximum absolute atomic E-state index is 13.5. The van der Waals surface area contributed by atoms with Crippen molar-refractivity contribution in [1.29, 1.82) is 0 Å². The van der Waals surface area contributed by atoms with Gasteiger partial charge in [0, 0.05) is 46.0 Å². The van der Waals surface area contributed by atoms with Crippen LogP contribution in [0.3, 0.4) is 0 Å². The van der Waals surface area contributed by atoms with E-state index in [2.05, 4.69) is 11.9 Å². The van der Waals surface area contributed by atoms with E-state index in [4.69, 9.17) is 14.8 Å². The molecule has 0 amide bonds. The molecule has 1 aliphatic rings. The Morgan fingerprint density at radius 1 is 1.14 bits per heavy atom. The quantitative estimate of drug-likeness (QED) is 0.422. The van der Waals surface area contributed by atoms with Gasteiger partial charge in [-0.25, -0.2) is 13.4 Å². The van der Waals surface area contributed by atoms with Crippen LogP contribution in [0.1, 0.15) is 32.3 Å². The Morgan fingerprint density at radius 3 is 2.56 bits per heavy atom. The number of aliphatic hydroxyl groups is 1. The summed E-state index contributed by atoms with van der Waals surface area (Å²) in [6.07, 6.45) is 4.39. The molecule has 1 saturated heterocycles. The van der Waals surface area contributed by atoms with E-state index in [0.717, 1.165) is 24.8 Å². The molecule has 4 rings (SSSR count). The second-order valence-electron chi connectivity index (χ2n) is 9.10. The highest BCUT2D eigenvalue weighted by Gasteiger charge is 2.29. The Hall–Kier alpha value is -2.73. The first-order chi connectivity index (χ1) is 17.3. The lowest BCUT2D eigenvalue weighted by atomic mass is 10.1. The summed E-state index contributed by atoms with van der Waals surface area (Å²) in [7, 11) is -1.95. The molecule has 1 fully saturated rings. The molecule has 196 valence electrons. The molecule has 10 nitrogen and oxygen atoms in total. The Kier molecular flexibility index (Phi) is 8.13. The molecule has 0 spiro atoms. The number of nitrogens with zero attached hydrogens (tertiary/aromatic N) is 4. The summed E-state index contributed by atoms with van der Waals surface area (Å²) in [6.45, 7) is 6.89. The monoisotopic (exact) mass is 517 g/mol. The highest BCUT2D eigenvalue weighted by atomic mass is 32.2. The summed E-state index contributed by atoms with van der Waals surface area (Å²) in [5.41, 5.74) is 2.24. The van der Waals surface area contributed by atoms with Crippen molar-refractivity contribution >= 4 is 21.1 Å². The molecule has 11 heteroatoms. The van der Waals surface area contributed by atoms with Gasteiger partial charge in [-0.05, 0) is 36.6 Å². The molecule has 1 aromatic carbocycles. The van der Waals surface area contributed by atoms with E-state index < -0.39 is 10.0 Å². The molecule has 3 aromatic rings. The summed E-state index contributed by atoms with van der Waals surface area (Å²) >= 11 is 0. The molecule has 1 aliphatic heterocycles. The normalized spacial score (nSPS) is 15.6. The topological polar surface area (TPSA) is 121 Å². The highest BCUT2D eigenvalue weighted by Crippen LogP contribution is 2.32. The van der Waals surface area contributed by atoms with Crippen LogP contribution in [0.25, 0.3) is 22.4 Å². The van der Waals surface area contributed by atoms with Gasteiger partial charge in [0.25, 0.3) is 5.56 Å². The summed E-state index contributed by atoms with van der Waals surface area (Å²) in [5, 5.41) is 9.16. The lowest BCUT2D eigenvalue weighted by Crippen LogP contribution is -2.49. The number of aromatic nitrogens is 3. The molecular formula is C25H35N5O5S. The predicted molar refractivity (Wildman–Crippen MR) is 139 cm³/mol. The third-order valence-corrected chi connectivity index (χ3v) is 8.37. The van der Waals surface area contributed by atoms with Gasteiger partial charge >= 0.3 is 0 Å². The lowest BCUT2D eigenvalue weighted by Gasteiger charge is -2.33. The first kappa shape index (κ1) is 26.3. The number of sulfonamides is 1. The molecule has 36 heavy (non-hydrogen) atoms. The molecule has 0 atom stereocenters. The fourth-order valence-corrected chi connectivity index (χ4v) is 6.08. The lowest BCUT2D eigenvalue weighted by molar-refractivity contribution is 0.151. The highest BCUT2D eigenvalue weighted by molar-refractivity contribution is 7.89. The number of aliphatic hydroxyl groups excluding tert-OH is 1. The van der Waals surface area contributed by atoms with Crippen molar-refractivity contribution in [3.63, 3.8) is 0 Å². The number of β-amino-alcohol motifs (C(OH)–C–C–N with tert-alkyl or cyclic N) is 1. The van der Waals surface area contributed by atoms with Crippen molar-refractivity contribution in [1.82, 2.24) is 23.7 Å². The third kappa shape index (κ3) is 5.19. The number of nitrogens with one attached hydrogen (secondary N) is 1. The largest absolute Gasteiger partial charge is 0.493 e. The molecule has 0 aliphatic carbocycles. The van der Waals surface area contributed by atoms with Crippen LogP contribution >= 0.6 is 0 Å². The number of H-pyrrole nitrogens is 1. The van der Waals surface area contributed by atoms with E-state index in [1.165, 1.54) is 4.31 Å². The molecule has 3 heterocycles. The van der Waals surface area contributed by atoms with E-state index in [-0.39, 0.29) is 22.9 Å². The molecule has 2 N–H and O–H groups in total. The maximum atomic E-state index is 13.5. The number of hydrogen-bond acceptors (Lipinski definition) is 7. The third-order valence-electron chi connectivity index (χ3n) is 6.47. The van der Waals surface area contributed by atoms with Gasteiger partial charge in [-0.1, -0.05) is 20.3 Å². The van der Waals surface area contributed by atoms with Crippen LogP contribution < -0.4 is 10.3 Å². The van der Waals surface area contributed by atoms with Crippen molar-refractivity contribution in [2.45, 2.75) is 38.0 Å². The number of hydrogen-bond donors (Lipinski definition) is 2. The average Bonchev–Trinajstić information content (AvgIpc) is 3.18. The second kappa shape index (κ2) is 11.1. The van der Waals surface area contributed by atoms with Crippen molar-refractivity contribution in [3.05, 3.63) is 40.3 Å². The van der Waals surface area contributed by atoms with Gasteiger partial charge < -0.3 is 19.4 Å². The van der Waals surface area contributed by atoms with Crippen LogP contribution in [0.2, 0.25) is 0 Å². The zero-order chi connectivity index (χ0) is 25.9. The Bertz CT molecular complexity index is 1370. The van der Waals surface area contributed by atoms with Crippen LogP contribution in [-0.4, -0.2) is 83.2 Å². The van der Waals surface area contributed by atoms with Gasteiger partial charge in [-0.3, -0.25) is 9.69 Å². The van der Waals surface area contributed by atoms with Crippen LogP contribution in [0.15, 0.2) is 34.1 Å². The number of benzene rings is 1. The zero-order valence-electron chi connectivity index (χ0n) is 21.2. The number of aromatic amines is 1. The molecule has 0 bridgehead atoms. The minimum atomic E-state index is -3.77. The summed E-state index contributed by atoms with van der Waals surface area (Å²) in [5.74, 6) is 0.756. The van der Waals surface area contributed by atoms with Gasteiger partial charge in [0.1, 0.15) is 17.1 Å². The Labute approximate surface area is 211 Å². The Balaban J connectivity index is 1.78. The number of rotatable bonds is 10. The van der Waals surface area contributed by atoms with E-state index in [0.29, 0.717) is 61.7 Å². The minimum absolute atomic E-state index is 0.0479. The van der Waals surface area contributed by atoms with Crippen molar-refractivity contribution in [3.8, 4) is 17.1 Å². The van der Waals surface area contributed by atoms with E-state index in [1.807, 2.05) is 25.1 Å². The summed E-state index contributed by atoms with van der Waals surface area (Å²) < 4.78 is 36.2. The van der Waals surface area contributed by atoms with E-state index in [1.54, 1.807) is 22.8 Å². The second-order valence-corrected chi connectivity index (χ2v) is 11.0. The SMILES string of the molecule is CCCOc1ccc(S(=O)(=O)N2CCN(CCO)CC2)cc1-c1nc2c(CCC)cn(C)c2c(=O)[nH]1. The first-order valence-corrected chi connectivity index (χ1v) is 13.9. The van der Waals surface area contributed by atoms with Gasteiger partial charge in [0.2, 0.25) is 10.0 Å². The summed E-state index contributed by atoms with van der Waals surface area (Å²) in [4.78, 5) is 22.8. The standard InChI is InChI=1S/C25H35N5O5S/c1-4-6-18-17-28(3)23-22(18)26-24(27-25(23)32)20-16-19(7-8-21(20)35-15-5-2)36(33,34)30-11-9-29(10-12-30)13-14-31/h7-8,16-17,31H,4-6,9-15H2,1-3H3,(H,26,27,32). The van der Waals surface area contributed by atoms with Crippen LogP contribution in [0.5, 0.6) is 5.75 Å². The van der Waals surface area contributed by atoms with Crippen LogP contribution in [-0.2, 0) is 23.5 Å². The fourth-order valence-electron chi connectivity index (χ4n) is 4.63. The Morgan fingerprint density at radius 2 is 1.89 bits per heavy atom. The smallest absolute Gasteiger partial charge is 0.275 e. The minimum Gasteiger partial charge on any atom is -0.493 e. The fraction of sp³-hybridized carbons (Fsp3) is 0.520. The van der Waals surface area contributed by atoms with E-state index in [9.17, 15) is 13.2 Å². The van der Waals surface area contributed by atoms with Gasteiger partial charge in [0.15, 0.2) is 0 Å². The number of fused-ring (bicyclic) bond motifs is 1. The average molecular weight is 518 g/mol. The van der Waals surface area contributed by atoms with E-state index >= 15 is 0 Å². The molecule has 0 radical (unpaired) electrons. The number of aryl methyl sites for hydroxylation is 2. The first-order valence-electron chi connectivity index (χ1n) is 12.5. The van der Waals surface area contributed by atoms with Crippen molar-refractivity contribution < 1.29 is 18.3 Å². The van der Waals surface area contributed by atoms with Gasteiger partial charge in [-0.2, -0.15) is 4.31 Å². The maximum Gasteiger partial charge on any atom is 0.275 e. The van der Waals surface area contributed by atoms with Gasteiger partial charge in [0.05, 0.1) is 29.2 Å². The zero-order valence-corrected chi connectivity index (χ0v) is 22.0. The molecule has 2 aromatic heterocycles. The molecule has 0 unspecified atom stereocenters. The van der Waals surface area contributed by atoms with Crippen molar-refractivity contribution in [2.75, 3.05) is 45.9 Å². The predicted octanol–water partition coefficient (Wildman–Crippen LogP) is 1.97. The number of piperazine rings is 1. The molecular weight excluding hydrogens is 482 g/mol. The summed E-state index contributed by atoms with van der Waals surface area (Å²) in [6, 6.07) is 4.74. The molecule has 0 saturated carbocycles. The van der Waals surface area contributed by atoms with Crippen LogP contribution in [0.4, 0.5) is 0 Å². The number of ether oxygens (including phenoxy) is 1. The van der Waals surface area contributed by atoms with Crippen LogP contribution in [0, 0.1) is 0 Å². The van der Waals surface area contributed by atoms with Gasteiger partial charge in [-0.15, -0.1) is 0 Å². The van der Waals surface area contributed by atoms with Crippen molar-refractivity contribution in [2.24, 2.45) is 7.05 Å².